The van der Waals surface area contributed by atoms with Gasteiger partial charge in [0.2, 0.25) is 5.88 Å². The van der Waals surface area contributed by atoms with E-state index in [0.29, 0.717) is 11.4 Å². The smallest absolute Gasteiger partial charge is 0.262 e. The number of aryl methyl sites for hydroxylation is 2. The standard InChI is InChI=1S/C12H12N2O2/c1-7-4-3-5-9(6-7)10-11(15)13-8(2)14-12(10)16/h3-6H,1-2H3,(H2,13,14,15,16). The van der Waals surface area contributed by atoms with Gasteiger partial charge in [-0.05, 0) is 19.4 Å². The number of H-pyrrole nitrogens is 1. The van der Waals surface area contributed by atoms with Crippen LogP contribution in [0, 0.1) is 13.8 Å². The van der Waals surface area contributed by atoms with E-state index in [2.05, 4.69) is 9.97 Å². The summed E-state index contributed by atoms with van der Waals surface area (Å²) in [4.78, 5) is 18.1. The Kier molecular flexibility index (Phi) is 2.48. The lowest BCUT2D eigenvalue weighted by Gasteiger charge is -2.04. The van der Waals surface area contributed by atoms with E-state index in [9.17, 15) is 9.90 Å². The highest BCUT2D eigenvalue weighted by atomic mass is 16.3. The van der Waals surface area contributed by atoms with Crippen LogP contribution in [-0.2, 0) is 0 Å². The van der Waals surface area contributed by atoms with Crippen LogP contribution in [0.4, 0.5) is 0 Å². The van der Waals surface area contributed by atoms with Crippen LogP contribution in [0.2, 0.25) is 0 Å². The van der Waals surface area contributed by atoms with E-state index in [1.807, 2.05) is 25.1 Å². The topological polar surface area (TPSA) is 66.0 Å². The molecular weight excluding hydrogens is 204 g/mol. The Bertz CT molecular complexity index is 588. The van der Waals surface area contributed by atoms with E-state index in [0.717, 1.165) is 5.56 Å². The van der Waals surface area contributed by atoms with Crippen molar-refractivity contribution in [1.29, 1.82) is 0 Å². The molecule has 0 saturated heterocycles. The maximum Gasteiger partial charge on any atom is 0.262 e. The van der Waals surface area contributed by atoms with E-state index in [1.165, 1.54) is 0 Å². The summed E-state index contributed by atoms with van der Waals surface area (Å²) in [6.45, 7) is 3.55. The fourth-order valence-electron chi connectivity index (χ4n) is 1.63. The minimum absolute atomic E-state index is 0.217. The third-order valence-corrected chi connectivity index (χ3v) is 2.33. The van der Waals surface area contributed by atoms with E-state index in [1.54, 1.807) is 13.0 Å². The first-order valence-electron chi connectivity index (χ1n) is 4.95. The molecule has 0 unspecified atom stereocenters. The van der Waals surface area contributed by atoms with Gasteiger partial charge in [0.15, 0.2) is 0 Å². The van der Waals surface area contributed by atoms with E-state index < -0.39 is 0 Å². The number of aromatic amines is 1. The molecule has 0 saturated carbocycles. The van der Waals surface area contributed by atoms with Gasteiger partial charge in [0.25, 0.3) is 5.56 Å². The van der Waals surface area contributed by atoms with Gasteiger partial charge < -0.3 is 10.1 Å². The number of nitrogens with zero attached hydrogens (tertiary/aromatic N) is 1. The molecule has 0 radical (unpaired) electrons. The maximum absolute atomic E-state index is 11.7. The zero-order valence-corrected chi connectivity index (χ0v) is 9.11. The minimum Gasteiger partial charge on any atom is -0.493 e. The van der Waals surface area contributed by atoms with Crippen LogP contribution in [-0.4, -0.2) is 15.1 Å². The molecule has 0 amide bonds. The highest BCUT2D eigenvalue weighted by Crippen LogP contribution is 2.23. The first-order chi connectivity index (χ1) is 7.58. The lowest BCUT2D eigenvalue weighted by atomic mass is 10.1. The van der Waals surface area contributed by atoms with Crippen molar-refractivity contribution in [1.82, 2.24) is 9.97 Å². The Labute approximate surface area is 92.6 Å². The summed E-state index contributed by atoms with van der Waals surface area (Å²) in [6.07, 6.45) is 0. The normalized spacial score (nSPS) is 10.4. The summed E-state index contributed by atoms with van der Waals surface area (Å²) < 4.78 is 0. The summed E-state index contributed by atoms with van der Waals surface area (Å²) in [5.41, 5.74) is 1.59. The van der Waals surface area contributed by atoms with E-state index in [-0.39, 0.29) is 17.0 Å². The van der Waals surface area contributed by atoms with Crippen LogP contribution in [0.3, 0.4) is 0 Å². The first kappa shape index (κ1) is 10.4. The molecule has 4 nitrogen and oxygen atoms in total. The zero-order valence-electron chi connectivity index (χ0n) is 9.11. The summed E-state index contributed by atoms with van der Waals surface area (Å²) in [6, 6.07) is 7.37. The van der Waals surface area contributed by atoms with Gasteiger partial charge in [0.05, 0.1) is 0 Å². The van der Waals surface area contributed by atoms with Crippen molar-refractivity contribution in [2.75, 3.05) is 0 Å². The molecule has 0 aliphatic heterocycles. The molecule has 0 bridgehead atoms. The van der Waals surface area contributed by atoms with Gasteiger partial charge in [0.1, 0.15) is 11.4 Å². The maximum atomic E-state index is 11.7. The van der Waals surface area contributed by atoms with E-state index >= 15 is 0 Å². The quantitative estimate of drug-likeness (QED) is 0.763. The molecule has 0 fully saturated rings. The van der Waals surface area contributed by atoms with Crippen LogP contribution in [0.1, 0.15) is 11.4 Å². The Morgan fingerprint density at radius 3 is 2.69 bits per heavy atom. The van der Waals surface area contributed by atoms with Gasteiger partial charge in [0, 0.05) is 0 Å². The van der Waals surface area contributed by atoms with E-state index in [4.69, 9.17) is 0 Å². The number of hydrogen-bond acceptors (Lipinski definition) is 3. The summed E-state index contributed by atoms with van der Waals surface area (Å²) in [7, 11) is 0. The SMILES string of the molecule is Cc1cccc(-c2c(O)nc(C)[nH]c2=O)c1. The third kappa shape index (κ3) is 1.82. The second kappa shape index (κ2) is 3.81. The molecule has 4 heteroatoms. The fraction of sp³-hybridized carbons (Fsp3) is 0.167. The largest absolute Gasteiger partial charge is 0.493 e. The lowest BCUT2D eigenvalue weighted by Crippen LogP contribution is -2.12. The predicted molar refractivity (Wildman–Crippen MR) is 61.4 cm³/mol. The van der Waals surface area contributed by atoms with Gasteiger partial charge in [-0.25, -0.2) is 4.98 Å². The average Bonchev–Trinajstić information content (AvgIpc) is 2.15. The summed E-state index contributed by atoms with van der Waals surface area (Å²) in [5.74, 6) is 0.172. The molecule has 1 aromatic heterocycles. The number of rotatable bonds is 1. The molecule has 0 spiro atoms. The highest BCUT2D eigenvalue weighted by Gasteiger charge is 2.11. The molecule has 1 heterocycles. The number of nitrogens with one attached hydrogen (secondary N) is 1. The molecule has 2 rings (SSSR count). The molecule has 0 aliphatic rings. The van der Waals surface area contributed by atoms with Gasteiger partial charge in [-0.3, -0.25) is 4.79 Å². The molecular formula is C12H12N2O2. The minimum atomic E-state index is -0.324. The summed E-state index contributed by atoms with van der Waals surface area (Å²) in [5, 5.41) is 9.69. The molecule has 0 aliphatic carbocycles. The second-order valence-corrected chi connectivity index (χ2v) is 3.72. The van der Waals surface area contributed by atoms with Crippen molar-refractivity contribution in [2.24, 2.45) is 0 Å². The highest BCUT2D eigenvalue weighted by molar-refractivity contribution is 5.67. The monoisotopic (exact) mass is 216 g/mol. The van der Waals surface area contributed by atoms with Crippen LogP contribution in [0.15, 0.2) is 29.1 Å². The fourth-order valence-corrected chi connectivity index (χ4v) is 1.63. The van der Waals surface area contributed by atoms with Crippen LogP contribution >= 0.6 is 0 Å². The third-order valence-electron chi connectivity index (χ3n) is 2.33. The van der Waals surface area contributed by atoms with Crippen LogP contribution in [0.25, 0.3) is 11.1 Å². The molecule has 2 aromatic rings. The van der Waals surface area contributed by atoms with Crippen molar-refractivity contribution >= 4 is 0 Å². The number of aromatic nitrogens is 2. The van der Waals surface area contributed by atoms with Crippen molar-refractivity contribution in [3.8, 4) is 17.0 Å². The Balaban J connectivity index is 2.70. The molecule has 16 heavy (non-hydrogen) atoms. The van der Waals surface area contributed by atoms with Gasteiger partial charge in [-0.2, -0.15) is 0 Å². The number of hydrogen-bond donors (Lipinski definition) is 2. The van der Waals surface area contributed by atoms with Crippen molar-refractivity contribution < 1.29 is 5.11 Å². The zero-order chi connectivity index (χ0) is 11.7. The average molecular weight is 216 g/mol. The molecule has 82 valence electrons. The molecule has 2 N–H and O–H groups in total. The van der Waals surface area contributed by atoms with Gasteiger partial charge >= 0.3 is 0 Å². The molecule has 1 aromatic carbocycles. The Hall–Kier alpha value is -2.10. The van der Waals surface area contributed by atoms with Gasteiger partial charge in [-0.1, -0.05) is 29.8 Å². The molecule has 0 atom stereocenters. The van der Waals surface area contributed by atoms with Gasteiger partial charge in [-0.15, -0.1) is 0 Å². The Morgan fingerprint density at radius 2 is 2.06 bits per heavy atom. The Morgan fingerprint density at radius 1 is 1.31 bits per heavy atom. The number of benzene rings is 1. The van der Waals surface area contributed by atoms with Crippen LogP contribution < -0.4 is 5.56 Å². The summed E-state index contributed by atoms with van der Waals surface area (Å²) >= 11 is 0. The van der Waals surface area contributed by atoms with Crippen molar-refractivity contribution in [3.63, 3.8) is 0 Å². The predicted octanol–water partition coefficient (Wildman–Crippen LogP) is 1.76. The lowest BCUT2D eigenvalue weighted by molar-refractivity contribution is 0.451. The number of aromatic hydroxyl groups is 1. The van der Waals surface area contributed by atoms with Crippen molar-refractivity contribution in [2.45, 2.75) is 13.8 Å². The van der Waals surface area contributed by atoms with Crippen molar-refractivity contribution in [3.05, 3.63) is 46.0 Å². The van der Waals surface area contributed by atoms with Crippen LogP contribution in [0.5, 0.6) is 5.88 Å². The second-order valence-electron chi connectivity index (χ2n) is 3.72. The first-order valence-corrected chi connectivity index (χ1v) is 4.95.